The molecule has 0 aliphatic heterocycles. The van der Waals surface area contributed by atoms with E-state index in [0.29, 0.717) is 0 Å². The smallest absolute Gasteiger partial charge is 0.142 e. The quantitative estimate of drug-likeness (QED) is 0.127. The van der Waals surface area contributed by atoms with Gasteiger partial charge in [-0.3, -0.25) is 0 Å². The van der Waals surface area contributed by atoms with Crippen molar-refractivity contribution in [1.82, 2.24) is 0 Å². The molecule has 0 fully saturated rings. The molecule has 0 saturated heterocycles. The van der Waals surface area contributed by atoms with Crippen LogP contribution in [0.25, 0.3) is 71.5 Å². The Balaban J connectivity index is 1.30. The fraction of sp³-hybridized carbons (Fsp3) is 0. The molecule has 1 heterocycles. The minimum atomic E-state index is 0.864. The number of hydrogen-bond donors (Lipinski definition) is 0. The van der Waals surface area contributed by atoms with E-state index in [1.165, 1.54) is 32.3 Å². The molecule has 8 aromatic carbocycles. The number of benzene rings is 8. The molecule has 9 rings (SSSR count). The number of anilines is 2. The first-order valence-corrected chi connectivity index (χ1v) is 17.0. The van der Waals surface area contributed by atoms with Gasteiger partial charge in [0.2, 0.25) is 0 Å². The summed E-state index contributed by atoms with van der Waals surface area (Å²) in [6.45, 7) is 4.03. The maximum absolute atomic E-state index is 6.67. The Kier molecular flexibility index (Phi) is 7.33. The maximum atomic E-state index is 6.67. The van der Waals surface area contributed by atoms with E-state index in [2.05, 4.69) is 187 Å². The number of fused-ring (bicyclic) bond motifs is 7. The van der Waals surface area contributed by atoms with Crippen LogP contribution in [-0.2, 0) is 0 Å². The van der Waals surface area contributed by atoms with E-state index in [1.807, 2.05) is 12.2 Å². The minimum Gasteiger partial charge on any atom is -0.455 e. The molecule has 0 N–H and O–H groups in total. The summed E-state index contributed by atoms with van der Waals surface area (Å²) in [5.74, 6) is 0. The fourth-order valence-electron chi connectivity index (χ4n) is 7.23. The molecule has 0 unspecified atom stereocenters. The third kappa shape index (κ3) is 5.15. The van der Waals surface area contributed by atoms with E-state index >= 15 is 0 Å². The van der Waals surface area contributed by atoms with Crippen molar-refractivity contribution in [3.63, 3.8) is 0 Å². The van der Waals surface area contributed by atoms with Gasteiger partial charge in [0.25, 0.3) is 0 Å². The third-order valence-electron chi connectivity index (χ3n) is 9.58. The SMILES string of the molecule is C=C/C=C\C(=C\c1cccc2c1oc1cc3ccccc3cc12)N(c1ccc2c(ccc3ccccc32)c1)c1ccccc1-c1ccccc1. The van der Waals surface area contributed by atoms with Gasteiger partial charge in [0.15, 0.2) is 0 Å². The number of nitrogens with zero attached hydrogens (tertiary/aromatic N) is 1. The molecule has 0 aliphatic carbocycles. The van der Waals surface area contributed by atoms with Crippen molar-refractivity contribution >= 4 is 71.7 Å². The molecule has 236 valence electrons. The molecular formula is C48H33NO. The average molecular weight is 640 g/mol. The molecule has 0 saturated carbocycles. The summed E-state index contributed by atoms with van der Waals surface area (Å²) in [7, 11) is 0. The Labute approximate surface area is 291 Å². The molecule has 0 bridgehead atoms. The van der Waals surface area contributed by atoms with E-state index < -0.39 is 0 Å². The van der Waals surface area contributed by atoms with Crippen LogP contribution in [0.5, 0.6) is 0 Å². The largest absolute Gasteiger partial charge is 0.455 e. The zero-order valence-corrected chi connectivity index (χ0v) is 27.5. The number of allylic oxidation sites excluding steroid dienone is 3. The van der Waals surface area contributed by atoms with E-state index in [9.17, 15) is 0 Å². The predicted octanol–water partition coefficient (Wildman–Crippen LogP) is 13.6. The highest BCUT2D eigenvalue weighted by Crippen LogP contribution is 2.41. The highest BCUT2D eigenvalue weighted by molar-refractivity contribution is 6.12. The normalized spacial score (nSPS) is 12.1. The molecule has 50 heavy (non-hydrogen) atoms. The molecule has 0 atom stereocenters. The summed E-state index contributed by atoms with van der Waals surface area (Å²) >= 11 is 0. The van der Waals surface area contributed by atoms with Gasteiger partial charge in [-0.25, -0.2) is 0 Å². The van der Waals surface area contributed by atoms with E-state index in [4.69, 9.17) is 4.42 Å². The third-order valence-corrected chi connectivity index (χ3v) is 9.58. The number of rotatable bonds is 7. The fourth-order valence-corrected chi connectivity index (χ4v) is 7.23. The molecule has 9 aromatic rings. The molecule has 0 aliphatic rings. The Bertz CT molecular complexity index is 2780. The Morgan fingerprint density at radius 2 is 1.24 bits per heavy atom. The molecule has 1 aromatic heterocycles. The molecule has 0 radical (unpaired) electrons. The van der Waals surface area contributed by atoms with Crippen LogP contribution >= 0.6 is 0 Å². The van der Waals surface area contributed by atoms with Crippen LogP contribution in [0.15, 0.2) is 199 Å². The van der Waals surface area contributed by atoms with Crippen molar-refractivity contribution in [1.29, 1.82) is 0 Å². The lowest BCUT2D eigenvalue weighted by Crippen LogP contribution is -2.16. The second-order valence-electron chi connectivity index (χ2n) is 12.6. The van der Waals surface area contributed by atoms with Gasteiger partial charge in [0.05, 0.1) is 5.69 Å². The van der Waals surface area contributed by atoms with Gasteiger partial charge in [-0.05, 0) is 80.4 Å². The van der Waals surface area contributed by atoms with Crippen molar-refractivity contribution in [2.24, 2.45) is 0 Å². The predicted molar refractivity (Wildman–Crippen MR) is 214 cm³/mol. The highest BCUT2D eigenvalue weighted by atomic mass is 16.3. The summed E-state index contributed by atoms with van der Waals surface area (Å²) < 4.78 is 6.67. The summed E-state index contributed by atoms with van der Waals surface area (Å²) in [5, 5.41) is 9.48. The van der Waals surface area contributed by atoms with Crippen molar-refractivity contribution in [3.8, 4) is 11.1 Å². The van der Waals surface area contributed by atoms with E-state index in [-0.39, 0.29) is 0 Å². The second-order valence-corrected chi connectivity index (χ2v) is 12.6. The Morgan fingerprint density at radius 1 is 0.540 bits per heavy atom. The lowest BCUT2D eigenvalue weighted by atomic mass is 9.99. The van der Waals surface area contributed by atoms with Crippen LogP contribution in [-0.4, -0.2) is 0 Å². The summed E-state index contributed by atoms with van der Waals surface area (Å²) in [4.78, 5) is 2.35. The number of hydrogen-bond acceptors (Lipinski definition) is 2. The monoisotopic (exact) mass is 639 g/mol. The standard InChI is InChI=1S/C48H33NO/c1-2-3-20-39(30-38-19-13-23-44-45-31-35-17-7-8-18-36(35)32-47(45)50-48(38)44)49(46-24-12-11-22-43(46)33-14-5-4-6-15-33)40-27-28-42-37(29-40)26-25-34-16-9-10-21-41(34)42/h2-32H,1H2/b20-3-,39-30-. The zero-order chi connectivity index (χ0) is 33.4. The zero-order valence-electron chi connectivity index (χ0n) is 27.5. The first-order chi connectivity index (χ1) is 24.7. The van der Waals surface area contributed by atoms with Gasteiger partial charge < -0.3 is 9.32 Å². The average Bonchev–Trinajstić information content (AvgIpc) is 3.54. The second kappa shape index (κ2) is 12.4. The first kappa shape index (κ1) is 29.5. The van der Waals surface area contributed by atoms with Gasteiger partial charge in [0, 0.05) is 33.3 Å². The van der Waals surface area contributed by atoms with Crippen LogP contribution in [0.3, 0.4) is 0 Å². The maximum Gasteiger partial charge on any atom is 0.142 e. The topological polar surface area (TPSA) is 16.4 Å². The minimum absolute atomic E-state index is 0.864. The van der Waals surface area contributed by atoms with Gasteiger partial charge in [-0.15, -0.1) is 0 Å². The van der Waals surface area contributed by atoms with Crippen LogP contribution in [0.4, 0.5) is 11.4 Å². The highest BCUT2D eigenvalue weighted by Gasteiger charge is 2.20. The molecule has 2 heteroatoms. The van der Waals surface area contributed by atoms with Gasteiger partial charge in [-0.1, -0.05) is 152 Å². The summed E-state index contributed by atoms with van der Waals surface area (Å²) in [6.07, 6.45) is 8.20. The molecule has 0 spiro atoms. The van der Waals surface area contributed by atoms with E-state index in [0.717, 1.165) is 55.7 Å². The molecular weight excluding hydrogens is 607 g/mol. The van der Waals surface area contributed by atoms with Crippen LogP contribution in [0.2, 0.25) is 0 Å². The Morgan fingerprint density at radius 3 is 2.10 bits per heavy atom. The van der Waals surface area contributed by atoms with Crippen LogP contribution in [0.1, 0.15) is 5.56 Å². The van der Waals surface area contributed by atoms with Crippen LogP contribution < -0.4 is 4.90 Å². The Hall–Kier alpha value is -6.64. The number of para-hydroxylation sites is 2. The summed E-state index contributed by atoms with van der Waals surface area (Å²) in [5.41, 5.74) is 8.14. The molecule has 2 nitrogen and oxygen atoms in total. The number of furan rings is 1. The van der Waals surface area contributed by atoms with Crippen molar-refractivity contribution in [2.45, 2.75) is 0 Å². The van der Waals surface area contributed by atoms with Crippen molar-refractivity contribution in [3.05, 3.63) is 200 Å². The molecule has 0 amide bonds. The van der Waals surface area contributed by atoms with E-state index in [1.54, 1.807) is 0 Å². The summed E-state index contributed by atoms with van der Waals surface area (Å²) in [6, 6.07) is 58.3. The van der Waals surface area contributed by atoms with Gasteiger partial charge in [-0.2, -0.15) is 0 Å². The van der Waals surface area contributed by atoms with Gasteiger partial charge >= 0.3 is 0 Å². The van der Waals surface area contributed by atoms with Gasteiger partial charge in [0.1, 0.15) is 11.2 Å². The van der Waals surface area contributed by atoms with Crippen molar-refractivity contribution < 1.29 is 4.42 Å². The van der Waals surface area contributed by atoms with Crippen molar-refractivity contribution in [2.75, 3.05) is 4.90 Å². The first-order valence-electron chi connectivity index (χ1n) is 17.0. The lowest BCUT2D eigenvalue weighted by Gasteiger charge is -2.29. The lowest BCUT2D eigenvalue weighted by molar-refractivity contribution is 0.668. The van der Waals surface area contributed by atoms with Crippen LogP contribution in [0, 0.1) is 0 Å².